The van der Waals surface area contributed by atoms with Crippen LogP contribution in [0, 0.1) is 11.8 Å². The van der Waals surface area contributed by atoms with E-state index in [0.29, 0.717) is 0 Å². The quantitative estimate of drug-likeness (QED) is 0.377. The summed E-state index contributed by atoms with van der Waals surface area (Å²) in [5, 5.41) is 4.20. The maximum absolute atomic E-state index is 13.7. The summed E-state index contributed by atoms with van der Waals surface area (Å²) in [5.41, 5.74) is -1.03. The maximum atomic E-state index is 13.7. The average Bonchev–Trinajstić information content (AvgIpc) is 2.53. The highest BCUT2D eigenvalue weighted by Crippen LogP contribution is 2.43. The van der Waals surface area contributed by atoms with Crippen LogP contribution >= 0.6 is 0 Å². The summed E-state index contributed by atoms with van der Waals surface area (Å²) >= 11 is 0. The SMILES string of the molecule is CC(C)NC(=O)N(C(C)C)C(C(=O)N[C@H](C(=O)OC(C)(C)C)C(C)C)C(C(F)(F)F)C(F)(F)F. The molecule has 0 saturated heterocycles. The predicted octanol–water partition coefficient (Wildman–Crippen LogP) is 4.41. The summed E-state index contributed by atoms with van der Waals surface area (Å²) in [5.74, 6) is -7.76. The Morgan fingerprint density at radius 1 is 0.794 bits per heavy atom. The van der Waals surface area contributed by atoms with Crippen molar-refractivity contribution in [1.82, 2.24) is 15.5 Å². The Kier molecular flexibility index (Phi) is 10.7. The van der Waals surface area contributed by atoms with Crippen LogP contribution in [0.1, 0.15) is 62.3 Å². The minimum absolute atomic E-state index is 0.202. The number of rotatable bonds is 8. The molecule has 34 heavy (non-hydrogen) atoms. The lowest BCUT2D eigenvalue weighted by atomic mass is 9.93. The molecule has 2 N–H and O–H groups in total. The van der Waals surface area contributed by atoms with Gasteiger partial charge in [-0.15, -0.1) is 0 Å². The smallest absolute Gasteiger partial charge is 0.403 e. The molecule has 200 valence electrons. The molecule has 0 aromatic rings. The Morgan fingerprint density at radius 2 is 1.24 bits per heavy atom. The number of hydrogen-bond donors (Lipinski definition) is 2. The van der Waals surface area contributed by atoms with E-state index < -0.39 is 71.9 Å². The lowest BCUT2D eigenvalue weighted by Gasteiger charge is -2.40. The van der Waals surface area contributed by atoms with Crippen molar-refractivity contribution in [2.45, 2.75) is 104 Å². The van der Waals surface area contributed by atoms with Gasteiger partial charge in [0.15, 0.2) is 5.92 Å². The fourth-order valence-electron chi connectivity index (χ4n) is 3.09. The Hall–Kier alpha value is -2.21. The number of carbonyl (C=O) groups is 3. The van der Waals surface area contributed by atoms with Crippen molar-refractivity contribution in [3.05, 3.63) is 0 Å². The lowest BCUT2D eigenvalue weighted by Crippen LogP contribution is -2.65. The molecule has 0 rings (SSSR count). The number of nitrogens with zero attached hydrogens (tertiary/aromatic N) is 1. The topological polar surface area (TPSA) is 87.7 Å². The van der Waals surface area contributed by atoms with Gasteiger partial charge in [0.25, 0.3) is 0 Å². The van der Waals surface area contributed by atoms with E-state index in [2.05, 4.69) is 5.32 Å². The van der Waals surface area contributed by atoms with Crippen molar-refractivity contribution in [3.63, 3.8) is 0 Å². The number of hydrogen-bond acceptors (Lipinski definition) is 4. The van der Waals surface area contributed by atoms with Crippen LogP contribution in [0.3, 0.4) is 0 Å². The second-order valence-electron chi connectivity index (χ2n) is 9.87. The summed E-state index contributed by atoms with van der Waals surface area (Å²) < 4.78 is 87.4. The first-order chi connectivity index (χ1) is 15.0. The van der Waals surface area contributed by atoms with Gasteiger partial charge < -0.3 is 20.3 Å². The Morgan fingerprint density at radius 3 is 1.53 bits per heavy atom. The summed E-state index contributed by atoms with van der Waals surface area (Å²) in [6, 6.07) is -7.76. The van der Waals surface area contributed by atoms with Crippen LogP contribution < -0.4 is 10.6 Å². The molecular formula is C21H35F6N3O4. The molecule has 0 heterocycles. The third-order valence-electron chi connectivity index (χ3n) is 4.42. The molecule has 0 aliphatic heterocycles. The van der Waals surface area contributed by atoms with E-state index in [1.807, 2.05) is 5.32 Å². The van der Waals surface area contributed by atoms with Gasteiger partial charge in [-0.2, -0.15) is 26.3 Å². The van der Waals surface area contributed by atoms with Crippen LogP contribution in [0.15, 0.2) is 0 Å². The monoisotopic (exact) mass is 507 g/mol. The number of carbonyl (C=O) groups excluding carboxylic acids is 3. The number of halogens is 6. The molecule has 0 aromatic heterocycles. The number of nitrogens with one attached hydrogen (secondary N) is 2. The molecule has 0 bridgehead atoms. The van der Waals surface area contributed by atoms with Crippen LogP contribution in [-0.4, -0.2) is 64.9 Å². The molecule has 13 heteroatoms. The molecule has 1 unspecified atom stereocenters. The van der Waals surface area contributed by atoms with Crippen LogP contribution in [0.5, 0.6) is 0 Å². The Bertz CT molecular complexity index is 701. The second-order valence-corrected chi connectivity index (χ2v) is 9.87. The third kappa shape index (κ3) is 9.57. The van der Waals surface area contributed by atoms with Crippen LogP contribution in [0.2, 0.25) is 0 Å². The lowest BCUT2D eigenvalue weighted by molar-refractivity contribution is -0.295. The summed E-state index contributed by atoms with van der Waals surface area (Å²) in [6.07, 6.45) is -11.9. The third-order valence-corrected chi connectivity index (χ3v) is 4.42. The molecule has 2 atom stereocenters. The minimum Gasteiger partial charge on any atom is -0.458 e. The number of amides is 3. The van der Waals surface area contributed by atoms with Gasteiger partial charge in [0.1, 0.15) is 17.7 Å². The highest BCUT2D eigenvalue weighted by molar-refractivity contribution is 5.91. The molecule has 0 aromatic carbocycles. The predicted molar refractivity (Wildman–Crippen MR) is 113 cm³/mol. The number of ether oxygens (including phenoxy) is 1. The zero-order valence-corrected chi connectivity index (χ0v) is 20.8. The molecular weight excluding hydrogens is 472 g/mol. The van der Waals surface area contributed by atoms with Crippen LogP contribution in [0.4, 0.5) is 31.1 Å². The first-order valence-electron chi connectivity index (χ1n) is 10.8. The summed E-state index contributed by atoms with van der Waals surface area (Å²) in [7, 11) is 0. The van der Waals surface area contributed by atoms with E-state index in [0.717, 1.165) is 0 Å². The van der Waals surface area contributed by atoms with Crippen LogP contribution in [-0.2, 0) is 14.3 Å². The normalized spacial score (nSPS) is 14.9. The molecule has 7 nitrogen and oxygen atoms in total. The Balaban J connectivity index is 6.66. The van der Waals surface area contributed by atoms with Gasteiger partial charge in [0.05, 0.1) is 0 Å². The van der Waals surface area contributed by atoms with E-state index in [-0.39, 0.29) is 4.90 Å². The van der Waals surface area contributed by atoms with Gasteiger partial charge in [0.2, 0.25) is 5.91 Å². The van der Waals surface area contributed by atoms with Gasteiger partial charge in [-0.25, -0.2) is 9.59 Å². The fraction of sp³-hybridized carbons (Fsp3) is 0.857. The van der Waals surface area contributed by atoms with E-state index in [1.54, 1.807) is 0 Å². The zero-order chi connectivity index (χ0) is 27.4. The average molecular weight is 508 g/mol. The standard InChI is InChI=1S/C21H35F6N3O4/c1-10(2)13(17(32)34-19(7,8)9)29-16(31)14(15(20(22,23)24)21(25,26)27)30(12(5)6)18(33)28-11(3)4/h10-15H,1-9H3,(H,28,33)(H,29,31)/t13-,14?/m0/s1. The van der Waals surface area contributed by atoms with E-state index in [1.165, 1.54) is 62.3 Å². The van der Waals surface area contributed by atoms with Crippen LogP contribution in [0.25, 0.3) is 0 Å². The van der Waals surface area contributed by atoms with Crippen molar-refractivity contribution < 1.29 is 45.5 Å². The van der Waals surface area contributed by atoms with Crippen molar-refractivity contribution in [2.75, 3.05) is 0 Å². The highest BCUT2D eigenvalue weighted by atomic mass is 19.4. The molecule has 0 aliphatic rings. The largest absolute Gasteiger partial charge is 0.458 e. The first kappa shape index (κ1) is 31.8. The number of esters is 1. The molecule has 0 fully saturated rings. The summed E-state index contributed by atoms with van der Waals surface area (Å²) in [4.78, 5) is 38.4. The van der Waals surface area contributed by atoms with Gasteiger partial charge in [-0.05, 0) is 54.4 Å². The van der Waals surface area contributed by atoms with E-state index in [4.69, 9.17) is 4.74 Å². The van der Waals surface area contributed by atoms with E-state index in [9.17, 15) is 40.7 Å². The summed E-state index contributed by atoms with van der Waals surface area (Å²) in [6.45, 7) is 12.6. The highest BCUT2D eigenvalue weighted by Gasteiger charge is 2.64. The van der Waals surface area contributed by atoms with Crippen molar-refractivity contribution in [2.24, 2.45) is 11.8 Å². The van der Waals surface area contributed by atoms with Gasteiger partial charge in [-0.3, -0.25) is 4.79 Å². The molecule has 0 spiro atoms. The number of alkyl halides is 6. The zero-order valence-electron chi connectivity index (χ0n) is 20.8. The minimum atomic E-state index is -5.93. The van der Waals surface area contributed by atoms with E-state index >= 15 is 0 Å². The molecule has 0 saturated carbocycles. The van der Waals surface area contributed by atoms with Gasteiger partial charge >= 0.3 is 24.4 Å². The van der Waals surface area contributed by atoms with Crippen molar-refractivity contribution >= 4 is 17.9 Å². The van der Waals surface area contributed by atoms with Gasteiger partial charge in [0, 0.05) is 12.1 Å². The molecule has 0 aliphatic carbocycles. The van der Waals surface area contributed by atoms with Gasteiger partial charge in [-0.1, -0.05) is 13.8 Å². The molecule has 3 amide bonds. The Labute approximate surface area is 195 Å². The van der Waals surface area contributed by atoms with Crippen molar-refractivity contribution in [1.29, 1.82) is 0 Å². The fourth-order valence-corrected chi connectivity index (χ4v) is 3.09. The molecule has 0 radical (unpaired) electrons. The number of urea groups is 1. The van der Waals surface area contributed by atoms with Crippen molar-refractivity contribution in [3.8, 4) is 0 Å². The first-order valence-corrected chi connectivity index (χ1v) is 10.8. The maximum Gasteiger partial charge on any atom is 0.403 e. The second kappa shape index (κ2) is 11.5.